The van der Waals surface area contributed by atoms with Crippen molar-refractivity contribution in [1.82, 2.24) is 20.6 Å². The van der Waals surface area contributed by atoms with Gasteiger partial charge in [0, 0.05) is 20.7 Å². The third kappa shape index (κ3) is 3.05. The number of aromatic nitrogens is 4. The molecule has 8 heteroatoms. The Hall–Kier alpha value is -2.25. The van der Waals surface area contributed by atoms with Crippen molar-refractivity contribution in [3.63, 3.8) is 0 Å². The predicted octanol–water partition coefficient (Wildman–Crippen LogP) is 3.95. The number of nitrogens with zero attached hydrogens (tertiary/aromatic N) is 3. The van der Waals surface area contributed by atoms with Crippen molar-refractivity contribution in [1.29, 1.82) is 0 Å². The van der Waals surface area contributed by atoms with Gasteiger partial charge in [0.1, 0.15) is 0 Å². The van der Waals surface area contributed by atoms with Crippen molar-refractivity contribution < 1.29 is 4.79 Å². The number of nitrogens with one attached hydrogen (secondary N) is 2. The molecule has 0 aliphatic heterocycles. The van der Waals surface area contributed by atoms with Gasteiger partial charge in [0.2, 0.25) is 5.91 Å². The zero-order chi connectivity index (χ0) is 17.4. The zero-order valence-electron chi connectivity index (χ0n) is 13.0. The smallest absolute Gasteiger partial charge is 0.235 e. The number of tetrazole rings is 1. The fourth-order valence-electron chi connectivity index (χ4n) is 2.87. The minimum atomic E-state index is -0.494. The summed E-state index contributed by atoms with van der Waals surface area (Å²) in [4.78, 5) is 12.9. The molecule has 3 aromatic rings. The van der Waals surface area contributed by atoms with Crippen LogP contribution in [0.5, 0.6) is 0 Å². The normalized spacial score (nSPS) is 15.0. The molecule has 0 atom stereocenters. The minimum absolute atomic E-state index is 0.0289. The fourth-order valence-corrected chi connectivity index (χ4v) is 3.49. The first-order chi connectivity index (χ1) is 12.1. The van der Waals surface area contributed by atoms with Crippen LogP contribution in [0.15, 0.2) is 46.9 Å². The van der Waals surface area contributed by atoms with E-state index >= 15 is 0 Å². The quantitative estimate of drug-likeness (QED) is 0.672. The Morgan fingerprint density at radius 1 is 1.24 bits per heavy atom. The highest BCUT2D eigenvalue weighted by molar-refractivity contribution is 9.10. The number of carbonyl (C=O) groups is 1. The summed E-state index contributed by atoms with van der Waals surface area (Å²) in [5, 5.41) is 17.4. The van der Waals surface area contributed by atoms with Crippen LogP contribution in [0.1, 0.15) is 18.4 Å². The predicted molar refractivity (Wildman–Crippen MR) is 98.3 cm³/mol. The molecule has 2 aromatic carbocycles. The van der Waals surface area contributed by atoms with E-state index in [1.54, 1.807) is 0 Å². The molecule has 0 bridgehead atoms. The van der Waals surface area contributed by atoms with Crippen LogP contribution in [0.4, 0.5) is 5.69 Å². The van der Waals surface area contributed by atoms with Crippen molar-refractivity contribution in [2.45, 2.75) is 18.3 Å². The highest BCUT2D eigenvalue weighted by atomic mass is 79.9. The summed E-state index contributed by atoms with van der Waals surface area (Å²) in [5.41, 5.74) is 1.92. The van der Waals surface area contributed by atoms with Crippen LogP contribution in [0.25, 0.3) is 11.4 Å². The monoisotopic (exact) mass is 417 g/mol. The van der Waals surface area contributed by atoms with Gasteiger partial charge in [-0.1, -0.05) is 39.7 Å². The van der Waals surface area contributed by atoms with E-state index in [1.807, 2.05) is 42.5 Å². The molecule has 0 spiro atoms. The van der Waals surface area contributed by atoms with Gasteiger partial charge < -0.3 is 5.32 Å². The highest BCUT2D eigenvalue weighted by Crippen LogP contribution is 2.49. The van der Waals surface area contributed by atoms with Gasteiger partial charge in [-0.3, -0.25) is 4.79 Å². The summed E-state index contributed by atoms with van der Waals surface area (Å²) in [6.07, 6.45) is 1.63. The van der Waals surface area contributed by atoms with Gasteiger partial charge in [0.25, 0.3) is 0 Å². The van der Waals surface area contributed by atoms with Crippen LogP contribution in [-0.2, 0) is 10.2 Å². The number of aromatic amines is 1. The first kappa shape index (κ1) is 16.2. The van der Waals surface area contributed by atoms with E-state index in [1.165, 1.54) is 0 Å². The standard InChI is InChI=1S/C17H13BrClN5O/c18-14-5-4-12(9-13(14)15-21-23-24-22-15)20-16(25)17(6-7-17)10-2-1-3-11(19)8-10/h1-5,8-9H,6-7H2,(H,20,25)(H,21,22,23,24). The van der Waals surface area contributed by atoms with Crippen LogP contribution < -0.4 is 5.32 Å². The molecule has 1 aliphatic carbocycles. The molecule has 6 nitrogen and oxygen atoms in total. The summed E-state index contributed by atoms with van der Waals surface area (Å²) in [6.45, 7) is 0. The van der Waals surface area contributed by atoms with E-state index in [0.29, 0.717) is 16.5 Å². The molecule has 0 radical (unpaired) electrons. The van der Waals surface area contributed by atoms with Gasteiger partial charge in [-0.2, -0.15) is 0 Å². The molecule has 4 rings (SSSR count). The third-order valence-corrected chi connectivity index (χ3v) is 5.31. The zero-order valence-corrected chi connectivity index (χ0v) is 15.3. The van der Waals surface area contributed by atoms with Crippen LogP contribution in [-0.4, -0.2) is 26.5 Å². The second kappa shape index (κ2) is 6.24. The lowest BCUT2D eigenvalue weighted by molar-refractivity contribution is -0.118. The molecule has 126 valence electrons. The lowest BCUT2D eigenvalue weighted by Crippen LogP contribution is -2.27. The molecule has 2 N–H and O–H groups in total. The number of anilines is 1. The van der Waals surface area contributed by atoms with E-state index in [-0.39, 0.29) is 5.91 Å². The Morgan fingerprint density at radius 3 is 2.76 bits per heavy atom. The van der Waals surface area contributed by atoms with Crippen molar-refractivity contribution in [3.8, 4) is 11.4 Å². The molecule has 0 unspecified atom stereocenters. The maximum absolute atomic E-state index is 12.9. The molecule has 0 saturated heterocycles. The van der Waals surface area contributed by atoms with Gasteiger partial charge in [-0.05, 0) is 59.2 Å². The molecule has 1 heterocycles. The number of amides is 1. The lowest BCUT2D eigenvalue weighted by Gasteiger charge is -2.16. The molecule has 1 amide bonds. The van der Waals surface area contributed by atoms with Gasteiger partial charge >= 0.3 is 0 Å². The van der Waals surface area contributed by atoms with E-state index in [0.717, 1.165) is 28.4 Å². The number of benzene rings is 2. The summed E-state index contributed by atoms with van der Waals surface area (Å²) in [5.74, 6) is 0.498. The molecule has 1 aliphatic rings. The van der Waals surface area contributed by atoms with Gasteiger partial charge in [0.15, 0.2) is 5.82 Å². The van der Waals surface area contributed by atoms with Crippen molar-refractivity contribution in [2.75, 3.05) is 5.32 Å². The van der Waals surface area contributed by atoms with Gasteiger partial charge in [0.05, 0.1) is 5.41 Å². The Kier molecular flexibility index (Phi) is 4.05. The Labute approximate surface area is 157 Å². The number of H-pyrrole nitrogens is 1. The number of halogens is 2. The first-order valence-corrected chi connectivity index (χ1v) is 8.87. The SMILES string of the molecule is O=C(Nc1ccc(Br)c(-c2nnn[nH]2)c1)C1(c2cccc(Cl)c2)CC1. The number of hydrogen-bond donors (Lipinski definition) is 2. The highest BCUT2D eigenvalue weighted by Gasteiger charge is 2.51. The second-order valence-corrected chi connectivity index (χ2v) is 7.28. The molecular weight excluding hydrogens is 406 g/mol. The molecule has 1 aromatic heterocycles. The molecule has 1 saturated carbocycles. The van der Waals surface area contributed by atoms with Crippen LogP contribution in [0.3, 0.4) is 0 Å². The first-order valence-electron chi connectivity index (χ1n) is 7.70. The van der Waals surface area contributed by atoms with Crippen LogP contribution in [0, 0.1) is 0 Å². The van der Waals surface area contributed by atoms with Crippen LogP contribution >= 0.6 is 27.5 Å². The summed E-state index contributed by atoms with van der Waals surface area (Å²) in [7, 11) is 0. The molecular formula is C17H13BrClN5O. The summed E-state index contributed by atoms with van der Waals surface area (Å²) >= 11 is 9.55. The molecule has 1 fully saturated rings. The largest absolute Gasteiger partial charge is 0.325 e. The summed E-state index contributed by atoms with van der Waals surface area (Å²) in [6, 6.07) is 13.0. The van der Waals surface area contributed by atoms with Gasteiger partial charge in [-0.25, -0.2) is 5.10 Å². The number of rotatable bonds is 4. The maximum atomic E-state index is 12.9. The Bertz CT molecular complexity index is 940. The Morgan fingerprint density at radius 2 is 2.08 bits per heavy atom. The second-order valence-electron chi connectivity index (χ2n) is 5.99. The topological polar surface area (TPSA) is 83.6 Å². The fraction of sp³-hybridized carbons (Fsp3) is 0.176. The third-order valence-electron chi connectivity index (χ3n) is 4.39. The number of hydrogen-bond acceptors (Lipinski definition) is 4. The van der Waals surface area contributed by atoms with E-state index < -0.39 is 5.41 Å². The van der Waals surface area contributed by atoms with Crippen molar-refractivity contribution in [3.05, 3.63) is 57.5 Å². The minimum Gasteiger partial charge on any atom is -0.325 e. The van der Waals surface area contributed by atoms with E-state index in [2.05, 4.69) is 41.9 Å². The Balaban J connectivity index is 1.60. The average molecular weight is 419 g/mol. The average Bonchev–Trinajstić information content (AvgIpc) is 3.25. The number of carbonyl (C=O) groups excluding carboxylic acids is 1. The van der Waals surface area contributed by atoms with Gasteiger partial charge in [-0.15, -0.1) is 5.10 Å². The maximum Gasteiger partial charge on any atom is 0.235 e. The summed E-state index contributed by atoms with van der Waals surface area (Å²) < 4.78 is 0.833. The van der Waals surface area contributed by atoms with Crippen LogP contribution in [0.2, 0.25) is 5.02 Å². The van der Waals surface area contributed by atoms with Crippen molar-refractivity contribution in [2.24, 2.45) is 0 Å². The lowest BCUT2D eigenvalue weighted by atomic mass is 9.95. The van der Waals surface area contributed by atoms with E-state index in [9.17, 15) is 4.79 Å². The molecule has 25 heavy (non-hydrogen) atoms. The van der Waals surface area contributed by atoms with E-state index in [4.69, 9.17) is 11.6 Å². The van der Waals surface area contributed by atoms with Crippen molar-refractivity contribution >= 4 is 39.1 Å².